The van der Waals surface area contributed by atoms with Gasteiger partial charge in [-0.25, -0.2) is 0 Å². The Labute approximate surface area is 150 Å². The predicted molar refractivity (Wildman–Crippen MR) is 100 cm³/mol. The van der Waals surface area contributed by atoms with E-state index in [2.05, 4.69) is 34.5 Å². The molecule has 0 unspecified atom stereocenters. The molecule has 1 N–H and O–H groups in total. The number of carbonyl (C=O) groups is 1. The molecule has 5 nitrogen and oxygen atoms in total. The highest BCUT2D eigenvalue weighted by Gasteiger charge is 2.25. The topological polar surface area (TPSA) is 44.8 Å². The highest BCUT2D eigenvalue weighted by molar-refractivity contribution is 5.95. The summed E-state index contributed by atoms with van der Waals surface area (Å²) in [5.41, 5.74) is 2.31. The largest absolute Gasteiger partial charge is 0.381 e. The quantitative estimate of drug-likeness (QED) is 0.913. The normalized spacial score (nSPS) is 23.4. The van der Waals surface area contributed by atoms with Crippen LogP contribution in [0, 0.1) is 0 Å². The van der Waals surface area contributed by atoms with Crippen LogP contribution in [0.4, 0.5) is 11.4 Å². The van der Waals surface area contributed by atoms with Crippen LogP contribution in [0.2, 0.25) is 0 Å². The number of ether oxygens (including phenoxy) is 1. The number of rotatable bonds is 4. The Bertz CT molecular complexity index is 592. The zero-order chi connectivity index (χ0) is 17.1. The van der Waals surface area contributed by atoms with Crippen molar-refractivity contribution in [1.82, 2.24) is 5.32 Å². The standard InChI is InChI=1S/C20H29N3O2/c24-20-5-2-10-23(20)19-4-1-3-18(15-19)22-11-6-16(7-12-22)21-17-8-13-25-14-9-17/h1,3-4,15-17,21H,2,5-14H2. The minimum absolute atomic E-state index is 0.261. The van der Waals surface area contributed by atoms with Crippen LogP contribution in [0.3, 0.4) is 0 Å². The Balaban J connectivity index is 1.33. The molecule has 4 rings (SSSR count). The molecule has 5 heteroatoms. The number of nitrogens with zero attached hydrogens (tertiary/aromatic N) is 2. The van der Waals surface area contributed by atoms with Crippen LogP contribution in [0.25, 0.3) is 0 Å². The van der Waals surface area contributed by atoms with Crippen molar-refractivity contribution >= 4 is 17.3 Å². The molecule has 0 radical (unpaired) electrons. The molecule has 1 aromatic carbocycles. The van der Waals surface area contributed by atoms with E-state index < -0.39 is 0 Å². The van der Waals surface area contributed by atoms with Gasteiger partial charge < -0.3 is 19.9 Å². The van der Waals surface area contributed by atoms with Crippen molar-refractivity contribution in [1.29, 1.82) is 0 Å². The monoisotopic (exact) mass is 343 g/mol. The lowest BCUT2D eigenvalue weighted by Crippen LogP contribution is -2.47. The minimum Gasteiger partial charge on any atom is -0.381 e. The van der Waals surface area contributed by atoms with Crippen molar-refractivity contribution in [2.24, 2.45) is 0 Å². The summed E-state index contributed by atoms with van der Waals surface area (Å²) >= 11 is 0. The summed E-state index contributed by atoms with van der Waals surface area (Å²) in [5.74, 6) is 0.261. The van der Waals surface area contributed by atoms with Crippen LogP contribution >= 0.6 is 0 Å². The highest BCUT2D eigenvalue weighted by atomic mass is 16.5. The zero-order valence-corrected chi connectivity index (χ0v) is 15.0. The molecule has 1 aromatic rings. The molecule has 3 heterocycles. The van der Waals surface area contributed by atoms with Gasteiger partial charge in [-0.3, -0.25) is 4.79 Å². The van der Waals surface area contributed by atoms with E-state index in [1.54, 1.807) is 0 Å². The molecule has 3 aliphatic rings. The van der Waals surface area contributed by atoms with Gasteiger partial charge in [-0.1, -0.05) is 6.07 Å². The molecule has 3 fully saturated rings. The Morgan fingerprint density at radius 3 is 2.40 bits per heavy atom. The van der Waals surface area contributed by atoms with Gasteiger partial charge in [0.05, 0.1) is 0 Å². The first-order valence-electron chi connectivity index (χ1n) is 9.79. The fraction of sp³-hybridized carbons (Fsp3) is 0.650. The second-order valence-corrected chi connectivity index (χ2v) is 7.48. The van der Waals surface area contributed by atoms with Crippen LogP contribution < -0.4 is 15.1 Å². The summed E-state index contributed by atoms with van der Waals surface area (Å²) in [5, 5.41) is 3.83. The second-order valence-electron chi connectivity index (χ2n) is 7.48. The van der Waals surface area contributed by atoms with Gasteiger partial charge >= 0.3 is 0 Å². The Kier molecular flexibility index (Phi) is 5.22. The van der Waals surface area contributed by atoms with Gasteiger partial charge in [-0.2, -0.15) is 0 Å². The summed E-state index contributed by atoms with van der Waals surface area (Å²) in [4.78, 5) is 16.4. The third kappa shape index (κ3) is 3.98. The van der Waals surface area contributed by atoms with Crippen molar-refractivity contribution in [2.75, 3.05) is 42.6 Å². The summed E-state index contributed by atoms with van der Waals surface area (Å²) in [6, 6.07) is 9.78. The lowest BCUT2D eigenvalue weighted by Gasteiger charge is -2.37. The van der Waals surface area contributed by atoms with Crippen molar-refractivity contribution in [2.45, 2.75) is 50.6 Å². The van der Waals surface area contributed by atoms with E-state index in [0.717, 1.165) is 57.8 Å². The van der Waals surface area contributed by atoms with Gasteiger partial charge in [-0.15, -0.1) is 0 Å². The maximum atomic E-state index is 12.0. The fourth-order valence-electron chi connectivity index (χ4n) is 4.28. The average Bonchev–Trinajstić information content (AvgIpc) is 3.09. The molecule has 0 saturated carbocycles. The zero-order valence-electron chi connectivity index (χ0n) is 15.0. The maximum Gasteiger partial charge on any atom is 0.227 e. The summed E-state index contributed by atoms with van der Waals surface area (Å²) in [6.07, 6.45) is 6.33. The number of carbonyl (C=O) groups excluding carboxylic acids is 1. The van der Waals surface area contributed by atoms with Gasteiger partial charge in [0.1, 0.15) is 0 Å². The first-order valence-corrected chi connectivity index (χ1v) is 9.79. The molecular weight excluding hydrogens is 314 g/mol. The molecule has 0 aromatic heterocycles. The minimum atomic E-state index is 0.261. The number of hydrogen-bond donors (Lipinski definition) is 1. The number of anilines is 2. The Morgan fingerprint density at radius 1 is 0.960 bits per heavy atom. The molecule has 0 spiro atoms. The number of amides is 1. The Hall–Kier alpha value is -1.59. The lowest BCUT2D eigenvalue weighted by atomic mass is 10.0. The summed E-state index contributed by atoms with van der Waals surface area (Å²) in [7, 11) is 0. The van der Waals surface area contributed by atoms with Crippen LogP contribution in [0.1, 0.15) is 38.5 Å². The molecule has 3 aliphatic heterocycles. The van der Waals surface area contributed by atoms with Gasteiger partial charge in [0.2, 0.25) is 5.91 Å². The number of piperidine rings is 1. The average molecular weight is 343 g/mol. The molecule has 25 heavy (non-hydrogen) atoms. The van der Waals surface area contributed by atoms with Gasteiger partial charge in [0.25, 0.3) is 0 Å². The second kappa shape index (κ2) is 7.75. The predicted octanol–water partition coefficient (Wildman–Crippen LogP) is 2.55. The van der Waals surface area contributed by atoms with Crippen molar-refractivity contribution in [3.05, 3.63) is 24.3 Å². The maximum absolute atomic E-state index is 12.0. The third-order valence-electron chi connectivity index (χ3n) is 5.77. The SMILES string of the molecule is O=C1CCCN1c1cccc(N2CCC(NC3CCOCC3)CC2)c1. The van der Waals surface area contributed by atoms with Crippen LogP contribution in [0.15, 0.2) is 24.3 Å². The van der Waals surface area contributed by atoms with Gasteiger partial charge in [0.15, 0.2) is 0 Å². The van der Waals surface area contributed by atoms with E-state index in [-0.39, 0.29) is 5.91 Å². The smallest absolute Gasteiger partial charge is 0.227 e. The van der Waals surface area contributed by atoms with Crippen LogP contribution in [0.5, 0.6) is 0 Å². The third-order valence-corrected chi connectivity index (χ3v) is 5.77. The van der Waals surface area contributed by atoms with Crippen LogP contribution in [-0.4, -0.2) is 50.8 Å². The van der Waals surface area contributed by atoms with E-state index in [9.17, 15) is 4.79 Å². The van der Waals surface area contributed by atoms with E-state index >= 15 is 0 Å². The molecule has 0 bridgehead atoms. The van der Waals surface area contributed by atoms with Crippen LogP contribution in [-0.2, 0) is 9.53 Å². The highest BCUT2D eigenvalue weighted by Crippen LogP contribution is 2.28. The molecule has 136 valence electrons. The first kappa shape index (κ1) is 16.9. The van der Waals surface area contributed by atoms with Crippen molar-refractivity contribution in [3.63, 3.8) is 0 Å². The molecule has 1 amide bonds. The van der Waals surface area contributed by atoms with E-state index in [1.165, 1.54) is 18.5 Å². The molecule has 3 saturated heterocycles. The van der Waals surface area contributed by atoms with Gasteiger partial charge in [0, 0.05) is 62.7 Å². The number of benzene rings is 1. The molecule has 0 atom stereocenters. The fourth-order valence-corrected chi connectivity index (χ4v) is 4.28. The number of nitrogens with one attached hydrogen (secondary N) is 1. The van der Waals surface area contributed by atoms with E-state index in [0.29, 0.717) is 18.5 Å². The van der Waals surface area contributed by atoms with Crippen molar-refractivity contribution in [3.8, 4) is 0 Å². The number of hydrogen-bond acceptors (Lipinski definition) is 4. The summed E-state index contributed by atoms with van der Waals surface area (Å²) in [6.45, 7) is 4.83. The first-order chi connectivity index (χ1) is 12.3. The molecule has 0 aliphatic carbocycles. The van der Waals surface area contributed by atoms with Crippen molar-refractivity contribution < 1.29 is 9.53 Å². The van der Waals surface area contributed by atoms with Gasteiger partial charge in [-0.05, 0) is 50.3 Å². The molecular formula is C20H29N3O2. The summed E-state index contributed by atoms with van der Waals surface area (Å²) < 4.78 is 5.45. The Morgan fingerprint density at radius 2 is 1.68 bits per heavy atom. The lowest BCUT2D eigenvalue weighted by molar-refractivity contribution is -0.117. The van der Waals surface area contributed by atoms with E-state index in [1.807, 2.05) is 4.90 Å². The van der Waals surface area contributed by atoms with E-state index in [4.69, 9.17) is 4.74 Å².